The van der Waals surface area contributed by atoms with Crippen LogP contribution in [0.15, 0.2) is 42.5 Å². The van der Waals surface area contributed by atoms with Gasteiger partial charge in [-0.3, -0.25) is 4.79 Å². The lowest BCUT2D eigenvalue weighted by Crippen LogP contribution is -2.42. The van der Waals surface area contributed by atoms with Gasteiger partial charge in [0.15, 0.2) is 0 Å². The van der Waals surface area contributed by atoms with Gasteiger partial charge in [0.1, 0.15) is 29.1 Å². The monoisotopic (exact) mass is 351 g/mol. The molecule has 0 aliphatic heterocycles. The Morgan fingerprint density at radius 2 is 1.68 bits per heavy atom. The van der Waals surface area contributed by atoms with E-state index in [2.05, 4.69) is 10.1 Å². The van der Waals surface area contributed by atoms with Crippen molar-refractivity contribution >= 4 is 11.9 Å². The van der Waals surface area contributed by atoms with Gasteiger partial charge in [-0.25, -0.2) is 18.0 Å². The number of benzene rings is 2. The summed E-state index contributed by atoms with van der Waals surface area (Å²) in [5, 5.41) is 2.24. The van der Waals surface area contributed by atoms with Crippen molar-refractivity contribution in [1.82, 2.24) is 5.32 Å². The fourth-order valence-electron chi connectivity index (χ4n) is 2.34. The van der Waals surface area contributed by atoms with Crippen LogP contribution in [-0.4, -0.2) is 25.0 Å². The van der Waals surface area contributed by atoms with Gasteiger partial charge in [0.2, 0.25) is 0 Å². The largest absolute Gasteiger partial charge is 0.467 e. The SMILES string of the molecule is COC(=O)[C@H](CCc1ccccc1)NC(=O)c1c(F)cc(F)cc1F. The molecule has 1 N–H and O–H groups in total. The number of esters is 1. The Morgan fingerprint density at radius 1 is 1.08 bits per heavy atom. The molecule has 2 aromatic carbocycles. The maximum absolute atomic E-state index is 13.7. The van der Waals surface area contributed by atoms with Crippen LogP contribution in [0.1, 0.15) is 22.3 Å². The molecule has 0 saturated carbocycles. The predicted octanol–water partition coefficient (Wildman–Crippen LogP) is 3.01. The molecule has 2 aromatic rings. The van der Waals surface area contributed by atoms with Crippen LogP contribution in [0.2, 0.25) is 0 Å². The lowest BCUT2D eigenvalue weighted by Gasteiger charge is -2.17. The van der Waals surface area contributed by atoms with Gasteiger partial charge in [-0.2, -0.15) is 0 Å². The second kappa shape index (κ2) is 8.32. The van der Waals surface area contributed by atoms with Crippen LogP contribution in [0.5, 0.6) is 0 Å². The smallest absolute Gasteiger partial charge is 0.328 e. The summed E-state index contributed by atoms with van der Waals surface area (Å²) in [5.41, 5.74) is -0.0280. The van der Waals surface area contributed by atoms with Crippen LogP contribution < -0.4 is 5.32 Å². The molecule has 0 bridgehead atoms. The summed E-state index contributed by atoms with van der Waals surface area (Å²) < 4.78 is 44.9. The highest BCUT2D eigenvalue weighted by molar-refractivity contribution is 5.97. The molecule has 0 aliphatic carbocycles. The average Bonchev–Trinajstić information content (AvgIpc) is 2.57. The Bertz CT molecular complexity index is 742. The van der Waals surface area contributed by atoms with Crippen LogP contribution >= 0.6 is 0 Å². The van der Waals surface area contributed by atoms with E-state index in [1.165, 1.54) is 0 Å². The minimum absolute atomic E-state index is 0.173. The molecule has 1 atom stereocenters. The number of methoxy groups -OCH3 is 1. The van der Waals surface area contributed by atoms with Crippen molar-refractivity contribution in [2.24, 2.45) is 0 Å². The van der Waals surface area contributed by atoms with E-state index < -0.39 is 40.9 Å². The number of rotatable bonds is 6. The van der Waals surface area contributed by atoms with E-state index in [0.29, 0.717) is 18.6 Å². The summed E-state index contributed by atoms with van der Waals surface area (Å²) in [6.07, 6.45) is 0.613. The highest BCUT2D eigenvalue weighted by atomic mass is 19.1. The first-order chi connectivity index (χ1) is 11.9. The van der Waals surface area contributed by atoms with Crippen molar-refractivity contribution in [2.45, 2.75) is 18.9 Å². The highest BCUT2D eigenvalue weighted by Crippen LogP contribution is 2.15. The highest BCUT2D eigenvalue weighted by Gasteiger charge is 2.26. The van der Waals surface area contributed by atoms with Crippen LogP contribution in [0, 0.1) is 17.5 Å². The van der Waals surface area contributed by atoms with Gasteiger partial charge >= 0.3 is 5.97 Å². The minimum Gasteiger partial charge on any atom is -0.467 e. The zero-order valence-corrected chi connectivity index (χ0v) is 13.4. The molecule has 0 fully saturated rings. The normalized spacial score (nSPS) is 11.7. The van der Waals surface area contributed by atoms with E-state index in [0.717, 1.165) is 12.7 Å². The van der Waals surface area contributed by atoms with Crippen molar-refractivity contribution in [3.8, 4) is 0 Å². The number of hydrogen-bond donors (Lipinski definition) is 1. The van der Waals surface area contributed by atoms with Crippen molar-refractivity contribution in [1.29, 1.82) is 0 Å². The Morgan fingerprint density at radius 3 is 2.24 bits per heavy atom. The van der Waals surface area contributed by atoms with Crippen LogP contribution in [0.3, 0.4) is 0 Å². The lowest BCUT2D eigenvalue weighted by molar-refractivity contribution is -0.143. The number of carbonyl (C=O) groups is 2. The van der Waals surface area contributed by atoms with Gasteiger partial charge in [-0.15, -0.1) is 0 Å². The number of aryl methyl sites for hydroxylation is 1. The van der Waals surface area contributed by atoms with Crippen molar-refractivity contribution in [3.63, 3.8) is 0 Å². The number of carbonyl (C=O) groups excluding carboxylic acids is 2. The first kappa shape index (κ1) is 18.5. The van der Waals surface area contributed by atoms with Gasteiger partial charge in [0.05, 0.1) is 7.11 Å². The third-order valence-corrected chi connectivity index (χ3v) is 3.59. The summed E-state index contributed by atoms with van der Waals surface area (Å²) >= 11 is 0. The molecule has 0 spiro atoms. The lowest BCUT2D eigenvalue weighted by atomic mass is 10.0. The van der Waals surface area contributed by atoms with Crippen molar-refractivity contribution in [2.75, 3.05) is 7.11 Å². The molecule has 2 rings (SSSR count). The van der Waals surface area contributed by atoms with Gasteiger partial charge in [0, 0.05) is 12.1 Å². The molecular weight excluding hydrogens is 335 g/mol. The Labute approximate surface area is 142 Å². The summed E-state index contributed by atoms with van der Waals surface area (Å²) in [6, 6.07) is 8.87. The second-order valence-corrected chi connectivity index (χ2v) is 5.32. The molecule has 25 heavy (non-hydrogen) atoms. The predicted molar refractivity (Wildman–Crippen MR) is 84.3 cm³/mol. The van der Waals surface area contributed by atoms with Crippen LogP contribution in [-0.2, 0) is 16.0 Å². The molecular formula is C18H16F3NO3. The maximum atomic E-state index is 13.7. The minimum atomic E-state index is -1.35. The molecule has 1 amide bonds. The number of ether oxygens (including phenoxy) is 1. The summed E-state index contributed by atoms with van der Waals surface area (Å²) in [4.78, 5) is 24.0. The Kier molecular flexibility index (Phi) is 6.16. The molecule has 0 aromatic heterocycles. The molecule has 4 nitrogen and oxygen atoms in total. The topological polar surface area (TPSA) is 55.4 Å². The fourth-order valence-corrected chi connectivity index (χ4v) is 2.34. The fraction of sp³-hybridized carbons (Fsp3) is 0.222. The van der Waals surface area contributed by atoms with E-state index in [1.807, 2.05) is 30.3 Å². The van der Waals surface area contributed by atoms with Gasteiger partial charge in [-0.1, -0.05) is 30.3 Å². The molecule has 7 heteroatoms. The quantitative estimate of drug-likeness (QED) is 0.814. The number of hydrogen-bond acceptors (Lipinski definition) is 3. The van der Waals surface area contributed by atoms with Crippen molar-refractivity contribution < 1.29 is 27.5 Å². The number of amides is 1. The Hall–Kier alpha value is -2.83. The summed E-state index contributed by atoms with van der Waals surface area (Å²) in [7, 11) is 1.14. The number of halogens is 3. The van der Waals surface area contributed by atoms with Gasteiger partial charge in [-0.05, 0) is 18.4 Å². The summed E-state index contributed by atoms with van der Waals surface area (Å²) in [6.45, 7) is 0. The van der Waals surface area contributed by atoms with E-state index in [1.54, 1.807) is 0 Å². The third kappa shape index (κ3) is 4.82. The van der Waals surface area contributed by atoms with E-state index in [4.69, 9.17) is 0 Å². The molecule has 132 valence electrons. The maximum Gasteiger partial charge on any atom is 0.328 e. The van der Waals surface area contributed by atoms with Crippen LogP contribution in [0.4, 0.5) is 13.2 Å². The Balaban J connectivity index is 2.14. The number of nitrogens with one attached hydrogen (secondary N) is 1. The third-order valence-electron chi connectivity index (χ3n) is 3.59. The second-order valence-electron chi connectivity index (χ2n) is 5.32. The first-order valence-corrected chi connectivity index (χ1v) is 7.49. The van der Waals surface area contributed by atoms with Crippen molar-refractivity contribution in [3.05, 3.63) is 71.0 Å². The zero-order valence-electron chi connectivity index (χ0n) is 13.4. The van der Waals surface area contributed by atoms with Crippen LogP contribution in [0.25, 0.3) is 0 Å². The van der Waals surface area contributed by atoms with E-state index >= 15 is 0 Å². The molecule has 0 radical (unpaired) electrons. The molecule has 0 unspecified atom stereocenters. The first-order valence-electron chi connectivity index (χ1n) is 7.49. The molecule has 0 saturated heterocycles. The van der Waals surface area contributed by atoms with Gasteiger partial charge < -0.3 is 10.1 Å². The summed E-state index contributed by atoms with van der Waals surface area (Å²) in [5.74, 6) is -5.73. The molecule has 0 heterocycles. The standard InChI is InChI=1S/C18H16F3NO3/c1-25-18(24)15(8-7-11-5-3-2-4-6-11)22-17(23)16-13(20)9-12(19)10-14(16)21/h2-6,9-10,15H,7-8H2,1H3,(H,22,23)/t15-/m0/s1. The van der Waals surface area contributed by atoms with Gasteiger partial charge in [0.25, 0.3) is 5.91 Å². The zero-order chi connectivity index (χ0) is 18.4. The molecule has 0 aliphatic rings. The average molecular weight is 351 g/mol. The van der Waals surface area contributed by atoms with E-state index in [-0.39, 0.29) is 6.42 Å². The van der Waals surface area contributed by atoms with E-state index in [9.17, 15) is 22.8 Å².